The molecule has 1 aromatic heterocycles. The first-order chi connectivity index (χ1) is 11.7. The average molecular weight is 318 g/mol. The summed E-state index contributed by atoms with van der Waals surface area (Å²) in [7, 11) is 1.92. The predicted octanol–water partition coefficient (Wildman–Crippen LogP) is 2.93. The number of nitrogens with zero attached hydrogens (tertiary/aromatic N) is 3. The van der Waals surface area contributed by atoms with E-state index < -0.39 is 0 Å². The van der Waals surface area contributed by atoms with Gasteiger partial charge in [-0.1, -0.05) is 54.6 Å². The highest BCUT2D eigenvalue weighted by atomic mass is 16.2. The van der Waals surface area contributed by atoms with E-state index in [1.165, 1.54) is 11.1 Å². The Bertz CT molecular complexity index is 869. The number of carbonyl (C=O) groups is 1. The SMILES string of the molecule is C[n+]1ccn(C(=O)N2CCc3ccccc3[C@@H]2c2ccccc2)c1. The van der Waals surface area contributed by atoms with Gasteiger partial charge >= 0.3 is 6.03 Å². The van der Waals surface area contributed by atoms with Crippen molar-refractivity contribution in [3.63, 3.8) is 0 Å². The fourth-order valence-electron chi connectivity index (χ4n) is 3.48. The zero-order chi connectivity index (χ0) is 16.5. The summed E-state index contributed by atoms with van der Waals surface area (Å²) in [5, 5.41) is 0. The van der Waals surface area contributed by atoms with Crippen molar-refractivity contribution in [3.05, 3.63) is 90.0 Å². The summed E-state index contributed by atoms with van der Waals surface area (Å²) in [6, 6.07) is 18.7. The van der Waals surface area contributed by atoms with Gasteiger partial charge in [-0.3, -0.25) is 4.90 Å². The van der Waals surface area contributed by atoms with Crippen molar-refractivity contribution in [2.75, 3.05) is 6.54 Å². The number of imidazole rings is 1. The van der Waals surface area contributed by atoms with E-state index in [4.69, 9.17) is 0 Å². The summed E-state index contributed by atoms with van der Waals surface area (Å²) in [5.41, 5.74) is 3.70. The Kier molecular flexibility index (Phi) is 3.65. The molecular weight excluding hydrogens is 298 g/mol. The monoisotopic (exact) mass is 318 g/mol. The van der Waals surface area contributed by atoms with E-state index in [9.17, 15) is 4.79 Å². The lowest BCUT2D eigenvalue weighted by molar-refractivity contribution is -0.670. The highest BCUT2D eigenvalue weighted by molar-refractivity contribution is 5.78. The first-order valence-electron chi connectivity index (χ1n) is 8.21. The third kappa shape index (κ3) is 2.50. The van der Waals surface area contributed by atoms with Gasteiger partial charge in [0.2, 0.25) is 0 Å². The van der Waals surface area contributed by atoms with Crippen molar-refractivity contribution in [1.82, 2.24) is 9.47 Å². The number of rotatable bonds is 1. The van der Waals surface area contributed by atoms with Crippen LogP contribution in [0.2, 0.25) is 0 Å². The zero-order valence-electron chi connectivity index (χ0n) is 13.7. The molecule has 0 saturated heterocycles. The summed E-state index contributed by atoms with van der Waals surface area (Å²) in [4.78, 5) is 15.1. The lowest BCUT2D eigenvalue weighted by Crippen LogP contribution is -2.42. The number of aryl methyl sites for hydroxylation is 1. The molecule has 0 aliphatic carbocycles. The van der Waals surface area contributed by atoms with Crippen LogP contribution in [0.4, 0.5) is 4.79 Å². The van der Waals surface area contributed by atoms with E-state index in [0.717, 1.165) is 18.5 Å². The number of hydrogen-bond donors (Lipinski definition) is 0. The van der Waals surface area contributed by atoms with Crippen LogP contribution in [-0.2, 0) is 13.5 Å². The van der Waals surface area contributed by atoms with Gasteiger partial charge in [0.25, 0.3) is 6.33 Å². The van der Waals surface area contributed by atoms with Crippen LogP contribution >= 0.6 is 0 Å². The standard InChI is InChI=1S/C20H20N3O/c1-21-13-14-22(15-21)20(24)23-12-11-16-7-5-6-10-18(16)19(23)17-8-3-2-4-9-17/h2-10,13-15,19H,11-12H2,1H3/q+1/t19-/m0/s1. The molecule has 4 rings (SSSR count). The molecule has 0 bridgehead atoms. The van der Waals surface area contributed by atoms with Crippen LogP contribution in [0.25, 0.3) is 0 Å². The molecule has 3 aromatic rings. The third-order valence-electron chi connectivity index (χ3n) is 4.63. The second kappa shape index (κ2) is 5.96. The molecule has 1 atom stereocenters. The maximum Gasteiger partial charge on any atom is 0.416 e. The molecule has 0 N–H and O–H groups in total. The van der Waals surface area contributed by atoms with Crippen molar-refractivity contribution in [2.24, 2.45) is 7.05 Å². The molecule has 0 spiro atoms. The Morgan fingerprint density at radius 2 is 1.83 bits per heavy atom. The number of carbonyl (C=O) groups excluding carboxylic acids is 1. The minimum Gasteiger partial charge on any atom is -0.293 e. The number of benzene rings is 2. The number of aromatic nitrogens is 2. The molecule has 24 heavy (non-hydrogen) atoms. The molecule has 2 aromatic carbocycles. The van der Waals surface area contributed by atoms with Crippen molar-refractivity contribution in [1.29, 1.82) is 0 Å². The minimum atomic E-state index is -0.0450. The van der Waals surface area contributed by atoms with Gasteiger partial charge < -0.3 is 0 Å². The molecule has 4 heteroatoms. The van der Waals surface area contributed by atoms with Crippen LogP contribution in [0.1, 0.15) is 22.7 Å². The third-order valence-corrected chi connectivity index (χ3v) is 4.63. The highest BCUT2D eigenvalue weighted by Gasteiger charge is 2.34. The zero-order valence-corrected chi connectivity index (χ0v) is 13.7. The summed E-state index contributed by atoms with van der Waals surface area (Å²) in [5.74, 6) is 0. The Balaban J connectivity index is 1.80. The molecule has 1 amide bonds. The van der Waals surface area contributed by atoms with Crippen LogP contribution in [0.5, 0.6) is 0 Å². The molecule has 0 unspecified atom stereocenters. The highest BCUT2D eigenvalue weighted by Crippen LogP contribution is 2.35. The van der Waals surface area contributed by atoms with Gasteiger partial charge in [0, 0.05) is 6.54 Å². The molecule has 0 fully saturated rings. The normalized spacial score (nSPS) is 16.7. The molecule has 120 valence electrons. The predicted molar refractivity (Wildman–Crippen MR) is 91.5 cm³/mol. The average Bonchev–Trinajstić information content (AvgIpc) is 3.07. The minimum absolute atomic E-state index is 0.0129. The van der Waals surface area contributed by atoms with E-state index >= 15 is 0 Å². The van der Waals surface area contributed by atoms with Crippen LogP contribution in [0.15, 0.2) is 73.3 Å². The van der Waals surface area contributed by atoms with Crippen molar-refractivity contribution < 1.29 is 9.36 Å². The smallest absolute Gasteiger partial charge is 0.293 e. The molecule has 1 aliphatic heterocycles. The van der Waals surface area contributed by atoms with E-state index in [1.807, 2.05) is 53.4 Å². The summed E-state index contributed by atoms with van der Waals surface area (Å²) in [6.45, 7) is 0.720. The van der Waals surface area contributed by atoms with Gasteiger partial charge in [0.05, 0.1) is 13.1 Å². The van der Waals surface area contributed by atoms with Gasteiger partial charge in [-0.05, 0) is 23.1 Å². The fraction of sp³-hybridized carbons (Fsp3) is 0.200. The summed E-state index contributed by atoms with van der Waals surface area (Å²) in [6.07, 6.45) is 6.39. The number of hydrogen-bond acceptors (Lipinski definition) is 1. The number of amides is 1. The molecule has 0 radical (unpaired) electrons. The van der Waals surface area contributed by atoms with Crippen LogP contribution < -0.4 is 4.57 Å². The van der Waals surface area contributed by atoms with E-state index in [-0.39, 0.29) is 12.1 Å². The molecule has 0 saturated carbocycles. The fourth-order valence-corrected chi connectivity index (χ4v) is 3.48. The van der Waals surface area contributed by atoms with Crippen LogP contribution in [0, 0.1) is 0 Å². The Labute approximate surface area is 141 Å². The quantitative estimate of drug-likeness (QED) is 0.634. The van der Waals surface area contributed by atoms with Gasteiger partial charge in [0.15, 0.2) is 0 Å². The Morgan fingerprint density at radius 3 is 2.58 bits per heavy atom. The van der Waals surface area contributed by atoms with Gasteiger partial charge in [0.1, 0.15) is 12.4 Å². The summed E-state index contributed by atoms with van der Waals surface area (Å²) < 4.78 is 3.54. The van der Waals surface area contributed by atoms with Crippen molar-refractivity contribution in [3.8, 4) is 0 Å². The largest absolute Gasteiger partial charge is 0.416 e. The second-order valence-electron chi connectivity index (χ2n) is 6.22. The lowest BCUT2D eigenvalue weighted by atomic mass is 9.88. The van der Waals surface area contributed by atoms with Crippen LogP contribution in [0.3, 0.4) is 0 Å². The van der Waals surface area contributed by atoms with Crippen molar-refractivity contribution in [2.45, 2.75) is 12.5 Å². The number of fused-ring (bicyclic) bond motifs is 1. The van der Waals surface area contributed by atoms with Gasteiger partial charge in [-0.15, -0.1) is 0 Å². The Morgan fingerprint density at radius 1 is 1.08 bits per heavy atom. The lowest BCUT2D eigenvalue weighted by Gasteiger charge is -2.36. The Hall–Kier alpha value is -2.88. The van der Waals surface area contributed by atoms with E-state index in [0.29, 0.717) is 0 Å². The molecule has 4 nitrogen and oxygen atoms in total. The second-order valence-corrected chi connectivity index (χ2v) is 6.22. The van der Waals surface area contributed by atoms with Crippen LogP contribution in [-0.4, -0.2) is 22.0 Å². The molecule has 2 heterocycles. The van der Waals surface area contributed by atoms with E-state index in [2.05, 4.69) is 36.4 Å². The molecular formula is C20H20N3O+. The van der Waals surface area contributed by atoms with Crippen molar-refractivity contribution >= 4 is 6.03 Å². The first kappa shape index (κ1) is 14.7. The maximum atomic E-state index is 13.1. The topological polar surface area (TPSA) is 29.1 Å². The molecule has 1 aliphatic rings. The van der Waals surface area contributed by atoms with Gasteiger partial charge in [-0.2, -0.15) is 4.57 Å². The van der Waals surface area contributed by atoms with Gasteiger partial charge in [-0.25, -0.2) is 9.36 Å². The maximum absolute atomic E-state index is 13.1. The summed E-state index contributed by atoms with van der Waals surface area (Å²) >= 11 is 0. The first-order valence-corrected chi connectivity index (χ1v) is 8.21. The van der Waals surface area contributed by atoms with E-state index in [1.54, 1.807) is 4.57 Å².